The fourth-order valence-corrected chi connectivity index (χ4v) is 3.95. The molecule has 1 aliphatic carbocycles. The molecule has 122 valence electrons. The summed E-state index contributed by atoms with van der Waals surface area (Å²) in [6, 6.07) is 17.1. The molecule has 0 amide bonds. The number of nitrogens with one attached hydrogen (secondary N) is 1. The van der Waals surface area contributed by atoms with Crippen molar-refractivity contribution in [1.29, 1.82) is 0 Å². The first-order valence-electron chi connectivity index (χ1n) is 7.72. The lowest BCUT2D eigenvalue weighted by Gasteiger charge is -2.06. The normalized spacial score (nSPS) is 22.6. The fourth-order valence-electron chi connectivity index (χ4n) is 3.44. The Labute approximate surface area is 137 Å². The van der Waals surface area contributed by atoms with Gasteiger partial charge in [-0.25, -0.2) is 13.6 Å². The average Bonchev–Trinajstić information content (AvgIpc) is 3.06. The van der Waals surface area contributed by atoms with Crippen molar-refractivity contribution in [2.75, 3.05) is 11.9 Å². The van der Waals surface area contributed by atoms with E-state index in [9.17, 15) is 8.42 Å². The van der Waals surface area contributed by atoms with E-state index in [1.165, 1.54) is 5.56 Å². The quantitative estimate of drug-likeness (QED) is 0.884. The van der Waals surface area contributed by atoms with E-state index >= 15 is 0 Å². The van der Waals surface area contributed by atoms with Crippen molar-refractivity contribution in [3.05, 3.63) is 60.2 Å². The van der Waals surface area contributed by atoms with Crippen molar-refractivity contribution in [2.45, 2.75) is 24.7 Å². The number of nitrogens with two attached hydrogens (primary N) is 1. The van der Waals surface area contributed by atoms with Crippen LogP contribution < -0.4 is 10.5 Å². The topological polar surface area (TPSA) is 72.2 Å². The number of anilines is 1. The molecule has 5 heteroatoms. The molecule has 0 aliphatic heterocycles. The van der Waals surface area contributed by atoms with Crippen molar-refractivity contribution >= 4 is 15.7 Å². The molecule has 3 N–H and O–H groups in total. The van der Waals surface area contributed by atoms with Crippen LogP contribution in [-0.2, 0) is 10.0 Å². The molecule has 0 aromatic heterocycles. The molecule has 1 aliphatic rings. The van der Waals surface area contributed by atoms with Gasteiger partial charge in [0, 0.05) is 12.2 Å². The van der Waals surface area contributed by atoms with Crippen LogP contribution in [0.15, 0.2) is 59.5 Å². The lowest BCUT2D eigenvalue weighted by molar-refractivity contribution is 0.565. The molecule has 4 nitrogen and oxygen atoms in total. The van der Waals surface area contributed by atoms with Crippen LogP contribution in [0, 0.1) is 11.3 Å². The van der Waals surface area contributed by atoms with Crippen LogP contribution in [0.4, 0.5) is 5.69 Å². The lowest BCUT2D eigenvalue weighted by Crippen LogP contribution is -2.11. The highest BCUT2D eigenvalue weighted by molar-refractivity contribution is 7.89. The van der Waals surface area contributed by atoms with Gasteiger partial charge in [-0.3, -0.25) is 0 Å². The Bertz CT molecular complexity index is 784. The van der Waals surface area contributed by atoms with Crippen LogP contribution in [0.5, 0.6) is 0 Å². The third-order valence-electron chi connectivity index (χ3n) is 4.92. The van der Waals surface area contributed by atoms with E-state index in [2.05, 4.69) is 31.3 Å². The number of primary sulfonamides is 1. The molecule has 1 fully saturated rings. The van der Waals surface area contributed by atoms with Gasteiger partial charge in [-0.15, -0.1) is 0 Å². The Morgan fingerprint density at radius 1 is 1.04 bits per heavy atom. The number of hydrogen-bond acceptors (Lipinski definition) is 3. The molecule has 23 heavy (non-hydrogen) atoms. The lowest BCUT2D eigenvalue weighted by atomic mass is 10.0. The van der Waals surface area contributed by atoms with Gasteiger partial charge in [0.2, 0.25) is 10.0 Å². The summed E-state index contributed by atoms with van der Waals surface area (Å²) in [6.07, 6.45) is 0. The second kappa shape index (κ2) is 5.65. The minimum absolute atomic E-state index is 0.165. The van der Waals surface area contributed by atoms with Crippen LogP contribution in [0.25, 0.3) is 0 Å². The first kappa shape index (κ1) is 16.0. The molecule has 0 spiro atoms. The van der Waals surface area contributed by atoms with E-state index in [1.807, 2.05) is 30.3 Å². The van der Waals surface area contributed by atoms with Gasteiger partial charge in [-0.05, 0) is 47.1 Å². The van der Waals surface area contributed by atoms with Gasteiger partial charge < -0.3 is 5.32 Å². The van der Waals surface area contributed by atoms with Gasteiger partial charge in [0.1, 0.15) is 0 Å². The van der Waals surface area contributed by atoms with E-state index in [-0.39, 0.29) is 10.3 Å². The summed E-state index contributed by atoms with van der Waals surface area (Å²) in [5, 5.41) is 8.64. The zero-order valence-corrected chi connectivity index (χ0v) is 14.2. The molecule has 0 unspecified atom stereocenters. The SMILES string of the molecule is CC1(C)[C@@H](CNc2ccccc2)[C@@H]1c1ccc(S(N)(=O)=O)cc1. The third-order valence-corrected chi connectivity index (χ3v) is 5.85. The maximum Gasteiger partial charge on any atom is 0.238 e. The smallest absolute Gasteiger partial charge is 0.238 e. The molecule has 0 saturated heterocycles. The van der Waals surface area contributed by atoms with Gasteiger partial charge >= 0.3 is 0 Å². The van der Waals surface area contributed by atoms with Crippen molar-refractivity contribution in [3.63, 3.8) is 0 Å². The molecular formula is C18H22N2O2S. The van der Waals surface area contributed by atoms with Crippen LogP contribution in [0.2, 0.25) is 0 Å². The van der Waals surface area contributed by atoms with E-state index < -0.39 is 10.0 Å². The van der Waals surface area contributed by atoms with Gasteiger partial charge in [-0.1, -0.05) is 44.2 Å². The summed E-state index contributed by atoms with van der Waals surface area (Å²) in [5.41, 5.74) is 2.49. The fraction of sp³-hybridized carbons (Fsp3) is 0.333. The Kier molecular flexibility index (Phi) is 3.94. The van der Waals surface area contributed by atoms with Crippen molar-refractivity contribution in [1.82, 2.24) is 0 Å². The molecule has 0 radical (unpaired) electrons. The zero-order chi connectivity index (χ0) is 16.7. The molecule has 2 atom stereocenters. The van der Waals surface area contributed by atoms with Crippen molar-refractivity contribution in [3.8, 4) is 0 Å². The summed E-state index contributed by atoms with van der Waals surface area (Å²) in [7, 11) is -3.63. The number of para-hydroxylation sites is 1. The Balaban J connectivity index is 1.71. The van der Waals surface area contributed by atoms with Crippen molar-refractivity contribution in [2.24, 2.45) is 16.5 Å². The molecule has 2 aromatic carbocycles. The second-order valence-corrected chi connectivity index (χ2v) is 8.33. The summed E-state index contributed by atoms with van der Waals surface area (Å²) >= 11 is 0. The van der Waals surface area contributed by atoms with Gasteiger partial charge in [0.15, 0.2) is 0 Å². The maximum atomic E-state index is 11.3. The van der Waals surface area contributed by atoms with Gasteiger partial charge in [0.25, 0.3) is 0 Å². The molecule has 2 aromatic rings. The summed E-state index contributed by atoms with van der Waals surface area (Å²) < 4.78 is 22.7. The number of rotatable bonds is 5. The van der Waals surface area contributed by atoms with E-state index in [0.717, 1.165) is 12.2 Å². The zero-order valence-electron chi connectivity index (χ0n) is 13.4. The Hall–Kier alpha value is -1.85. The largest absolute Gasteiger partial charge is 0.385 e. The maximum absolute atomic E-state index is 11.3. The molecule has 0 heterocycles. The van der Waals surface area contributed by atoms with Crippen LogP contribution in [-0.4, -0.2) is 15.0 Å². The predicted molar refractivity (Wildman–Crippen MR) is 92.8 cm³/mol. The predicted octanol–water partition coefficient (Wildman–Crippen LogP) is 3.19. The summed E-state index contributed by atoms with van der Waals surface area (Å²) in [6.45, 7) is 5.41. The van der Waals surface area contributed by atoms with Crippen molar-refractivity contribution < 1.29 is 8.42 Å². The Morgan fingerprint density at radius 3 is 2.22 bits per heavy atom. The Morgan fingerprint density at radius 2 is 1.65 bits per heavy atom. The molecular weight excluding hydrogens is 308 g/mol. The third kappa shape index (κ3) is 3.26. The first-order chi connectivity index (χ1) is 10.8. The van der Waals surface area contributed by atoms with E-state index in [0.29, 0.717) is 11.8 Å². The summed E-state index contributed by atoms with van der Waals surface area (Å²) in [5.74, 6) is 0.941. The van der Waals surface area contributed by atoms with Crippen LogP contribution >= 0.6 is 0 Å². The van der Waals surface area contributed by atoms with E-state index in [1.54, 1.807) is 12.1 Å². The second-order valence-electron chi connectivity index (χ2n) is 6.77. The number of benzene rings is 2. The minimum Gasteiger partial charge on any atom is -0.385 e. The van der Waals surface area contributed by atoms with Gasteiger partial charge in [0.05, 0.1) is 4.90 Å². The molecule has 1 saturated carbocycles. The van der Waals surface area contributed by atoms with E-state index in [4.69, 9.17) is 5.14 Å². The number of sulfonamides is 1. The number of hydrogen-bond donors (Lipinski definition) is 2. The average molecular weight is 330 g/mol. The first-order valence-corrected chi connectivity index (χ1v) is 9.26. The van der Waals surface area contributed by atoms with Crippen LogP contribution in [0.1, 0.15) is 25.3 Å². The monoisotopic (exact) mass is 330 g/mol. The molecule has 3 rings (SSSR count). The summed E-state index contributed by atoms with van der Waals surface area (Å²) in [4.78, 5) is 0.165. The minimum atomic E-state index is -3.63. The molecule has 0 bridgehead atoms. The highest BCUT2D eigenvalue weighted by Crippen LogP contribution is 2.64. The standard InChI is InChI=1S/C18H22N2O2S/c1-18(2)16(12-20-14-6-4-3-5-7-14)17(18)13-8-10-15(11-9-13)23(19,21)22/h3-11,16-17,20H,12H2,1-2H3,(H2,19,21,22)/t16-,17-/m0/s1. The highest BCUT2D eigenvalue weighted by atomic mass is 32.2. The highest BCUT2D eigenvalue weighted by Gasteiger charge is 2.57. The van der Waals surface area contributed by atoms with Crippen LogP contribution in [0.3, 0.4) is 0 Å². The van der Waals surface area contributed by atoms with Gasteiger partial charge in [-0.2, -0.15) is 0 Å².